The number of anilines is 1. The highest BCUT2D eigenvalue weighted by Gasteiger charge is 2.13. The lowest BCUT2D eigenvalue weighted by Crippen LogP contribution is -2.35. The summed E-state index contributed by atoms with van der Waals surface area (Å²) >= 11 is 0. The molecule has 0 aliphatic heterocycles. The van der Waals surface area contributed by atoms with Crippen LogP contribution in [0, 0.1) is 18.3 Å². The predicted molar refractivity (Wildman–Crippen MR) is 65.7 cm³/mol. The first-order chi connectivity index (χ1) is 7.54. The van der Waals surface area contributed by atoms with Crippen molar-refractivity contribution in [2.75, 3.05) is 18.0 Å². The first-order valence-corrected chi connectivity index (χ1v) is 5.43. The highest BCUT2D eigenvalue weighted by atomic mass is 15.2. The molecule has 0 aromatic carbocycles. The largest absolute Gasteiger partial charge is 0.387 e. The van der Waals surface area contributed by atoms with Gasteiger partial charge in [-0.2, -0.15) is 0 Å². The van der Waals surface area contributed by atoms with Gasteiger partial charge in [-0.3, -0.25) is 5.41 Å². The number of aryl methyl sites for hydroxylation is 1. The lowest BCUT2D eigenvalue weighted by atomic mass is 10.1. The van der Waals surface area contributed by atoms with Crippen molar-refractivity contribution < 1.29 is 0 Å². The molecule has 1 rings (SSSR count). The molecule has 0 fully saturated rings. The van der Waals surface area contributed by atoms with Gasteiger partial charge in [-0.25, -0.2) is 9.97 Å². The smallest absolute Gasteiger partial charge is 0.225 e. The molecule has 1 heterocycles. The van der Waals surface area contributed by atoms with E-state index in [1.165, 1.54) is 0 Å². The van der Waals surface area contributed by atoms with Crippen LogP contribution in [0.3, 0.4) is 0 Å². The van der Waals surface area contributed by atoms with Crippen LogP contribution in [0.1, 0.15) is 19.5 Å². The minimum atomic E-state index is 0.0177. The second-order valence-corrected chi connectivity index (χ2v) is 3.89. The number of rotatable bonds is 5. The Morgan fingerprint density at radius 3 is 2.81 bits per heavy atom. The third-order valence-corrected chi connectivity index (χ3v) is 2.47. The van der Waals surface area contributed by atoms with Crippen LogP contribution < -0.4 is 10.6 Å². The van der Waals surface area contributed by atoms with E-state index in [0.29, 0.717) is 12.5 Å². The van der Waals surface area contributed by atoms with E-state index in [4.69, 9.17) is 11.1 Å². The van der Waals surface area contributed by atoms with E-state index < -0.39 is 0 Å². The van der Waals surface area contributed by atoms with Crippen LogP contribution in [0.15, 0.2) is 12.3 Å². The van der Waals surface area contributed by atoms with E-state index in [9.17, 15) is 0 Å². The molecule has 1 aromatic heterocycles. The molecule has 88 valence electrons. The molecule has 5 nitrogen and oxygen atoms in total. The quantitative estimate of drug-likeness (QED) is 0.578. The lowest BCUT2D eigenvalue weighted by molar-refractivity contribution is 0.680. The summed E-state index contributed by atoms with van der Waals surface area (Å²) in [6.45, 7) is 7.39. The normalized spacial score (nSPS) is 12.2. The molecule has 0 saturated heterocycles. The van der Waals surface area contributed by atoms with Crippen LogP contribution in [0.4, 0.5) is 5.95 Å². The molecular weight excluding hydrogens is 202 g/mol. The maximum absolute atomic E-state index is 7.38. The topological polar surface area (TPSA) is 78.9 Å². The van der Waals surface area contributed by atoms with E-state index in [0.717, 1.165) is 12.2 Å². The Labute approximate surface area is 96.2 Å². The molecule has 16 heavy (non-hydrogen) atoms. The van der Waals surface area contributed by atoms with Crippen LogP contribution in [0.2, 0.25) is 0 Å². The Bertz CT molecular complexity index is 363. The molecule has 0 amide bonds. The lowest BCUT2D eigenvalue weighted by Gasteiger charge is -2.23. The first kappa shape index (κ1) is 12.4. The molecule has 3 N–H and O–H groups in total. The Hall–Kier alpha value is -1.65. The molecule has 0 bridgehead atoms. The van der Waals surface area contributed by atoms with Gasteiger partial charge in [-0.1, -0.05) is 6.92 Å². The number of nitrogens with one attached hydrogen (secondary N) is 1. The molecular formula is C11H19N5. The number of nitrogens with two attached hydrogens (primary N) is 1. The minimum Gasteiger partial charge on any atom is -0.387 e. The molecule has 1 atom stereocenters. The molecule has 0 aliphatic rings. The zero-order valence-corrected chi connectivity index (χ0v) is 10.1. The Balaban J connectivity index is 2.78. The maximum Gasteiger partial charge on any atom is 0.225 e. The van der Waals surface area contributed by atoms with Gasteiger partial charge in [0.25, 0.3) is 0 Å². The minimum absolute atomic E-state index is 0.0177. The van der Waals surface area contributed by atoms with Crippen molar-refractivity contribution in [1.82, 2.24) is 9.97 Å². The van der Waals surface area contributed by atoms with Crippen molar-refractivity contribution in [2.45, 2.75) is 20.8 Å². The summed E-state index contributed by atoms with van der Waals surface area (Å²) in [6.07, 6.45) is 1.75. The average Bonchev–Trinajstić information content (AvgIpc) is 2.25. The summed E-state index contributed by atoms with van der Waals surface area (Å²) < 4.78 is 0. The van der Waals surface area contributed by atoms with E-state index in [1.807, 2.05) is 31.7 Å². The summed E-state index contributed by atoms with van der Waals surface area (Å²) in [5.41, 5.74) is 6.41. The SMILES string of the molecule is CCN(CC(C)C(=N)N)c1nccc(C)n1. The van der Waals surface area contributed by atoms with Gasteiger partial charge in [0.2, 0.25) is 5.95 Å². The van der Waals surface area contributed by atoms with Crippen molar-refractivity contribution in [3.05, 3.63) is 18.0 Å². The monoisotopic (exact) mass is 221 g/mol. The van der Waals surface area contributed by atoms with E-state index >= 15 is 0 Å². The number of aromatic nitrogens is 2. The zero-order chi connectivity index (χ0) is 12.1. The zero-order valence-electron chi connectivity index (χ0n) is 10.1. The molecule has 0 radical (unpaired) electrons. The molecule has 1 unspecified atom stereocenters. The van der Waals surface area contributed by atoms with Gasteiger partial charge in [0.1, 0.15) is 0 Å². The second-order valence-electron chi connectivity index (χ2n) is 3.89. The standard InChI is InChI=1S/C11H19N5/c1-4-16(7-8(2)10(12)13)11-14-6-5-9(3)15-11/h5-6,8H,4,7H2,1-3H3,(H3,12,13). The summed E-state index contributed by atoms with van der Waals surface area (Å²) in [4.78, 5) is 10.6. The number of nitrogens with zero attached hydrogens (tertiary/aromatic N) is 3. The molecule has 0 aliphatic carbocycles. The third kappa shape index (κ3) is 3.18. The van der Waals surface area contributed by atoms with Crippen LogP contribution in [0.5, 0.6) is 0 Å². The summed E-state index contributed by atoms with van der Waals surface area (Å²) in [7, 11) is 0. The van der Waals surface area contributed by atoms with Crippen molar-refractivity contribution in [3.63, 3.8) is 0 Å². The van der Waals surface area contributed by atoms with Gasteiger partial charge >= 0.3 is 0 Å². The van der Waals surface area contributed by atoms with Gasteiger partial charge < -0.3 is 10.6 Å². The van der Waals surface area contributed by atoms with Gasteiger partial charge in [-0.15, -0.1) is 0 Å². The number of amidine groups is 1. The van der Waals surface area contributed by atoms with Crippen molar-refractivity contribution in [2.24, 2.45) is 11.7 Å². The van der Waals surface area contributed by atoms with Crippen molar-refractivity contribution in [3.8, 4) is 0 Å². The summed E-state index contributed by atoms with van der Waals surface area (Å²) in [5, 5.41) is 7.38. The van der Waals surface area contributed by atoms with Crippen molar-refractivity contribution >= 4 is 11.8 Å². The molecule has 1 aromatic rings. The Morgan fingerprint density at radius 2 is 2.31 bits per heavy atom. The highest BCUT2D eigenvalue weighted by Crippen LogP contribution is 2.09. The first-order valence-electron chi connectivity index (χ1n) is 5.43. The van der Waals surface area contributed by atoms with Crippen LogP contribution >= 0.6 is 0 Å². The van der Waals surface area contributed by atoms with Crippen LogP contribution in [-0.4, -0.2) is 28.9 Å². The fourth-order valence-corrected chi connectivity index (χ4v) is 1.37. The number of hydrogen-bond donors (Lipinski definition) is 2. The van der Waals surface area contributed by atoms with Crippen LogP contribution in [0.25, 0.3) is 0 Å². The number of hydrogen-bond acceptors (Lipinski definition) is 4. The summed E-state index contributed by atoms with van der Waals surface area (Å²) in [6, 6.07) is 1.87. The summed E-state index contributed by atoms with van der Waals surface area (Å²) in [5.74, 6) is 0.922. The molecule has 5 heteroatoms. The third-order valence-electron chi connectivity index (χ3n) is 2.47. The average molecular weight is 221 g/mol. The van der Waals surface area contributed by atoms with E-state index in [1.54, 1.807) is 6.20 Å². The van der Waals surface area contributed by atoms with Crippen molar-refractivity contribution in [1.29, 1.82) is 5.41 Å². The van der Waals surface area contributed by atoms with Gasteiger partial charge in [-0.05, 0) is 19.9 Å². The Kier molecular flexibility index (Phi) is 4.22. The fourth-order valence-electron chi connectivity index (χ4n) is 1.37. The predicted octanol–water partition coefficient (Wildman–Crippen LogP) is 1.18. The molecule has 0 saturated carbocycles. The highest BCUT2D eigenvalue weighted by molar-refractivity contribution is 5.79. The van der Waals surface area contributed by atoms with E-state index in [-0.39, 0.29) is 11.8 Å². The van der Waals surface area contributed by atoms with E-state index in [2.05, 4.69) is 9.97 Å². The van der Waals surface area contributed by atoms with Crippen LogP contribution in [-0.2, 0) is 0 Å². The van der Waals surface area contributed by atoms with Gasteiger partial charge in [0.15, 0.2) is 0 Å². The second kappa shape index (κ2) is 5.44. The van der Waals surface area contributed by atoms with Gasteiger partial charge in [0, 0.05) is 30.9 Å². The maximum atomic E-state index is 7.38. The fraction of sp³-hybridized carbons (Fsp3) is 0.545. The van der Waals surface area contributed by atoms with Gasteiger partial charge in [0.05, 0.1) is 5.84 Å². The Morgan fingerprint density at radius 1 is 1.62 bits per heavy atom. The molecule has 0 spiro atoms.